The number of nitrogens with zero attached hydrogens (tertiary/aromatic N) is 4. The largest absolute Gasteiger partial charge is 0.393 e. The molecule has 0 aromatic carbocycles. The van der Waals surface area contributed by atoms with E-state index in [1.165, 1.54) is 5.39 Å². The van der Waals surface area contributed by atoms with E-state index in [9.17, 15) is 5.11 Å². The molecule has 1 aliphatic carbocycles. The van der Waals surface area contributed by atoms with Crippen molar-refractivity contribution in [3.63, 3.8) is 0 Å². The van der Waals surface area contributed by atoms with Gasteiger partial charge in [-0.25, -0.2) is 9.50 Å². The van der Waals surface area contributed by atoms with Gasteiger partial charge in [0, 0.05) is 18.4 Å². The van der Waals surface area contributed by atoms with Gasteiger partial charge in [-0.3, -0.25) is 4.98 Å². The minimum absolute atomic E-state index is 0.147. The van der Waals surface area contributed by atoms with Crippen molar-refractivity contribution in [2.75, 3.05) is 5.32 Å². The zero-order valence-corrected chi connectivity index (χ0v) is 15.0. The van der Waals surface area contributed by atoms with Crippen LogP contribution in [-0.4, -0.2) is 36.8 Å². The molecule has 7 heteroatoms. The number of hydrogen-bond donors (Lipinski definition) is 2. The van der Waals surface area contributed by atoms with Crippen LogP contribution in [0.15, 0.2) is 42.9 Å². The highest BCUT2D eigenvalue weighted by Crippen LogP contribution is 2.33. The monoisotopic (exact) mass is 365 g/mol. The molecule has 4 heterocycles. The number of aromatic nitrogens is 4. The quantitative estimate of drug-likeness (QED) is 0.579. The lowest BCUT2D eigenvalue weighted by Gasteiger charge is -2.26. The number of aliphatic hydroxyl groups is 1. The lowest BCUT2D eigenvalue weighted by molar-refractivity contribution is 0.126. The van der Waals surface area contributed by atoms with E-state index < -0.39 is 0 Å². The molecule has 6 nitrogen and oxygen atoms in total. The highest BCUT2D eigenvalue weighted by molar-refractivity contribution is 7.22. The molecule has 4 aromatic rings. The summed E-state index contributed by atoms with van der Waals surface area (Å²) in [4.78, 5) is 9.82. The highest BCUT2D eigenvalue weighted by Gasteiger charge is 2.20. The lowest BCUT2D eigenvalue weighted by atomic mass is 9.93. The van der Waals surface area contributed by atoms with Gasteiger partial charge in [-0.1, -0.05) is 0 Å². The Labute approximate surface area is 154 Å². The summed E-state index contributed by atoms with van der Waals surface area (Å²) in [6.45, 7) is 0. The molecular weight excluding hydrogens is 346 g/mol. The van der Waals surface area contributed by atoms with Gasteiger partial charge in [0.15, 0.2) is 5.65 Å². The SMILES string of the molecule is O[C@H]1CC[C@H](Nc2ccc3ncc(-c4cc5ccncc5s4)n3n2)CC1. The zero-order chi connectivity index (χ0) is 17.5. The molecule has 5 rings (SSSR count). The number of imidazole rings is 1. The maximum absolute atomic E-state index is 9.67. The first-order chi connectivity index (χ1) is 12.8. The van der Waals surface area contributed by atoms with Crippen molar-refractivity contribution >= 4 is 32.9 Å². The van der Waals surface area contributed by atoms with Crippen molar-refractivity contribution < 1.29 is 5.11 Å². The van der Waals surface area contributed by atoms with Crippen LogP contribution in [-0.2, 0) is 0 Å². The van der Waals surface area contributed by atoms with Crippen molar-refractivity contribution in [3.8, 4) is 10.6 Å². The van der Waals surface area contributed by atoms with Crippen molar-refractivity contribution in [2.45, 2.75) is 37.8 Å². The molecule has 0 spiro atoms. The molecule has 1 aliphatic rings. The van der Waals surface area contributed by atoms with Crippen LogP contribution in [0.1, 0.15) is 25.7 Å². The van der Waals surface area contributed by atoms with Gasteiger partial charge in [0.2, 0.25) is 0 Å². The predicted molar refractivity (Wildman–Crippen MR) is 103 cm³/mol. The molecule has 0 aliphatic heterocycles. The minimum atomic E-state index is -0.147. The van der Waals surface area contributed by atoms with E-state index in [0.717, 1.165) is 52.4 Å². The van der Waals surface area contributed by atoms with Gasteiger partial charge in [-0.2, -0.15) is 0 Å². The Bertz CT molecular complexity index is 1030. The van der Waals surface area contributed by atoms with Gasteiger partial charge >= 0.3 is 0 Å². The average molecular weight is 365 g/mol. The average Bonchev–Trinajstić information content (AvgIpc) is 3.26. The summed E-state index contributed by atoms with van der Waals surface area (Å²) in [6, 6.07) is 8.52. The molecule has 2 N–H and O–H groups in total. The first-order valence-corrected chi connectivity index (χ1v) is 9.71. The summed E-state index contributed by atoms with van der Waals surface area (Å²) in [5.74, 6) is 0.848. The van der Waals surface area contributed by atoms with E-state index in [4.69, 9.17) is 5.10 Å². The Balaban J connectivity index is 1.49. The Hall–Kier alpha value is -2.51. The summed E-state index contributed by atoms with van der Waals surface area (Å²) in [6.07, 6.45) is 9.09. The Kier molecular flexibility index (Phi) is 3.83. The van der Waals surface area contributed by atoms with Gasteiger partial charge in [-0.05, 0) is 55.3 Å². The molecule has 0 bridgehead atoms. The summed E-state index contributed by atoms with van der Waals surface area (Å²) >= 11 is 1.70. The topological polar surface area (TPSA) is 75.3 Å². The summed E-state index contributed by atoms with van der Waals surface area (Å²) in [5, 5.41) is 19.1. The van der Waals surface area contributed by atoms with E-state index in [-0.39, 0.29) is 6.10 Å². The summed E-state index contributed by atoms with van der Waals surface area (Å²) in [7, 11) is 0. The van der Waals surface area contributed by atoms with Crippen LogP contribution in [0.4, 0.5) is 5.82 Å². The van der Waals surface area contributed by atoms with Gasteiger partial charge in [0.05, 0.1) is 21.9 Å². The third-order valence-corrected chi connectivity index (χ3v) is 6.09. The molecule has 0 radical (unpaired) electrons. The van der Waals surface area contributed by atoms with Crippen molar-refractivity contribution in [3.05, 3.63) is 42.9 Å². The van der Waals surface area contributed by atoms with E-state index in [0.29, 0.717) is 6.04 Å². The van der Waals surface area contributed by atoms with E-state index in [1.807, 2.05) is 41.3 Å². The molecule has 0 atom stereocenters. The van der Waals surface area contributed by atoms with Crippen molar-refractivity contribution in [1.82, 2.24) is 19.6 Å². The van der Waals surface area contributed by atoms with E-state index in [2.05, 4.69) is 21.4 Å². The summed E-state index contributed by atoms with van der Waals surface area (Å²) < 4.78 is 3.06. The smallest absolute Gasteiger partial charge is 0.154 e. The highest BCUT2D eigenvalue weighted by atomic mass is 32.1. The molecule has 1 fully saturated rings. The van der Waals surface area contributed by atoms with E-state index >= 15 is 0 Å². The van der Waals surface area contributed by atoms with Gasteiger partial charge in [-0.15, -0.1) is 16.4 Å². The number of thiophene rings is 1. The zero-order valence-electron chi connectivity index (χ0n) is 14.2. The second kappa shape index (κ2) is 6.34. The Morgan fingerprint density at radius 1 is 1.12 bits per heavy atom. The van der Waals surface area contributed by atoms with Gasteiger partial charge in [0.25, 0.3) is 0 Å². The van der Waals surface area contributed by atoms with Gasteiger partial charge < -0.3 is 10.4 Å². The maximum Gasteiger partial charge on any atom is 0.154 e. The number of anilines is 1. The van der Waals surface area contributed by atoms with Crippen molar-refractivity contribution in [2.24, 2.45) is 0 Å². The number of aliphatic hydroxyl groups excluding tert-OH is 1. The standard InChI is InChI=1S/C19H19N5OS/c25-14-3-1-13(2-4-14)22-18-5-6-19-21-10-15(24(19)23-18)16-9-12-7-8-20-11-17(12)26-16/h5-11,13-14,25H,1-4H2,(H,22,23)/t13-,14-. The molecule has 0 unspecified atom stereocenters. The molecule has 4 aromatic heterocycles. The molecule has 0 saturated heterocycles. The first kappa shape index (κ1) is 15.7. The lowest BCUT2D eigenvalue weighted by Crippen LogP contribution is -2.28. The summed E-state index contributed by atoms with van der Waals surface area (Å²) in [5.41, 5.74) is 1.82. The third kappa shape index (κ3) is 2.83. The molecule has 132 valence electrons. The fourth-order valence-corrected chi connectivity index (χ4v) is 4.58. The number of hydrogen-bond acceptors (Lipinski definition) is 6. The predicted octanol–water partition coefficient (Wildman–Crippen LogP) is 3.72. The second-order valence-corrected chi connectivity index (χ2v) is 7.89. The third-order valence-electron chi connectivity index (χ3n) is 4.99. The van der Waals surface area contributed by atoms with Crippen LogP contribution in [0, 0.1) is 0 Å². The molecule has 26 heavy (non-hydrogen) atoms. The number of pyridine rings is 1. The fraction of sp³-hybridized carbons (Fsp3) is 0.316. The Morgan fingerprint density at radius 2 is 2.00 bits per heavy atom. The van der Waals surface area contributed by atoms with Crippen LogP contribution in [0.3, 0.4) is 0 Å². The van der Waals surface area contributed by atoms with E-state index in [1.54, 1.807) is 11.3 Å². The minimum Gasteiger partial charge on any atom is -0.393 e. The number of rotatable bonds is 3. The first-order valence-electron chi connectivity index (χ1n) is 8.89. The molecular formula is C19H19N5OS. The normalized spacial score (nSPS) is 20.7. The van der Waals surface area contributed by atoms with Gasteiger partial charge in [0.1, 0.15) is 11.5 Å². The fourth-order valence-electron chi connectivity index (χ4n) is 3.56. The van der Waals surface area contributed by atoms with Crippen LogP contribution in [0.25, 0.3) is 26.3 Å². The number of fused-ring (bicyclic) bond motifs is 2. The van der Waals surface area contributed by atoms with Crippen LogP contribution < -0.4 is 5.32 Å². The molecule has 0 amide bonds. The molecule has 1 saturated carbocycles. The second-order valence-electron chi connectivity index (χ2n) is 6.81. The van der Waals surface area contributed by atoms with Crippen LogP contribution >= 0.6 is 11.3 Å². The Morgan fingerprint density at radius 3 is 2.85 bits per heavy atom. The maximum atomic E-state index is 9.67. The van der Waals surface area contributed by atoms with Crippen LogP contribution in [0.2, 0.25) is 0 Å². The number of nitrogens with one attached hydrogen (secondary N) is 1. The van der Waals surface area contributed by atoms with Crippen LogP contribution in [0.5, 0.6) is 0 Å². The van der Waals surface area contributed by atoms with Crippen molar-refractivity contribution in [1.29, 1.82) is 0 Å².